The Balaban J connectivity index is 2.57. The van der Waals surface area contributed by atoms with Crippen LogP contribution in [0.4, 0.5) is 0 Å². The highest BCUT2D eigenvalue weighted by atomic mass is 14.8. The molecule has 0 aliphatic rings. The lowest BCUT2D eigenvalue weighted by Crippen LogP contribution is -2.16. The summed E-state index contributed by atoms with van der Waals surface area (Å²) in [6.07, 6.45) is 5.34. The van der Waals surface area contributed by atoms with Gasteiger partial charge in [-0.15, -0.1) is 0 Å². The zero-order chi connectivity index (χ0) is 8.97. The number of aryl methyl sites for hydroxylation is 2. The van der Waals surface area contributed by atoms with Crippen LogP contribution in [0.3, 0.4) is 0 Å². The third-order valence-corrected chi connectivity index (χ3v) is 1.82. The van der Waals surface area contributed by atoms with Crippen LogP contribution < -0.4 is 5.73 Å². The number of nitrogens with two attached hydrogens (primary N) is 1. The zero-order valence-corrected chi connectivity index (χ0v) is 7.62. The Morgan fingerprint density at radius 2 is 2.08 bits per heavy atom. The van der Waals surface area contributed by atoms with Crippen LogP contribution in [-0.4, -0.2) is 16.0 Å². The molecule has 1 unspecified atom stereocenters. The van der Waals surface area contributed by atoms with Crippen LogP contribution in [0, 0.1) is 6.92 Å². The lowest BCUT2D eigenvalue weighted by molar-refractivity contribution is 0.654. The van der Waals surface area contributed by atoms with Gasteiger partial charge in [-0.3, -0.25) is 9.97 Å². The molecule has 0 spiro atoms. The van der Waals surface area contributed by atoms with E-state index >= 15 is 0 Å². The Morgan fingerprint density at radius 1 is 1.42 bits per heavy atom. The molecule has 2 N–H and O–H groups in total. The second-order valence-corrected chi connectivity index (χ2v) is 3.10. The summed E-state index contributed by atoms with van der Waals surface area (Å²) in [5.74, 6) is 0. The van der Waals surface area contributed by atoms with Gasteiger partial charge in [0.2, 0.25) is 0 Å². The lowest BCUT2D eigenvalue weighted by Gasteiger charge is -2.05. The fourth-order valence-corrected chi connectivity index (χ4v) is 1.05. The van der Waals surface area contributed by atoms with E-state index in [-0.39, 0.29) is 6.04 Å². The van der Waals surface area contributed by atoms with Gasteiger partial charge in [0.15, 0.2) is 0 Å². The van der Waals surface area contributed by atoms with Crippen LogP contribution in [0.1, 0.15) is 24.7 Å². The first-order valence-corrected chi connectivity index (χ1v) is 4.22. The second kappa shape index (κ2) is 4.16. The molecular formula is C9H15N3. The summed E-state index contributed by atoms with van der Waals surface area (Å²) in [7, 11) is 0. The normalized spacial score (nSPS) is 12.9. The molecule has 1 heterocycles. The second-order valence-electron chi connectivity index (χ2n) is 3.10. The number of hydrogen-bond donors (Lipinski definition) is 1. The number of hydrogen-bond acceptors (Lipinski definition) is 3. The Labute approximate surface area is 73.0 Å². The van der Waals surface area contributed by atoms with Gasteiger partial charge in [0.05, 0.1) is 11.4 Å². The van der Waals surface area contributed by atoms with Gasteiger partial charge >= 0.3 is 0 Å². The van der Waals surface area contributed by atoms with Crippen LogP contribution in [0.2, 0.25) is 0 Å². The smallest absolute Gasteiger partial charge is 0.0616 e. The molecule has 3 heteroatoms. The van der Waals surface area contributed by atoms with Crippen LogP contribution in [-0.2, 0) is 6.42 Å². The van der Waals surface area contributed by atoms with Gasteiger partial charge in [0.25, 0.3) is 0 Å². The molecule has 0 aliphatic carbocycles. The zero-order valence-electron chi connectivity index (χ0n) is 7.62. The van der Waals surface area contributed by atoms with Crippen molar-refractivity contribution in [2.45, 2.75) is 32.7 Å². The molecule has 0 radical (unpaired) electrons. The fraction of sp³-hybridized carbons (Fsp3) is 0.556. The maximum absolute atomic E-state index is 5.64. The maximum atomic E-state index is 5.64. The van der Waals surface area contributed by atoms with Crippen molar-refractivity contribution in [3.05, 3.63) is 23.8 Å². The van der Waals surface area contributed by atoms with Crippen molar-refractivity contribution in [2.75, 3.05) is 0 Å². The summed E-state index contributed by atoms with van der Waals surface area (Å²) >= 11 is 0. The van der Waals surface area contributed by atoms with E-state index in [1.54, 1.807) is 12.4 Å². The molecule has 12 heavy (non-hydrogen) atoms. The number of aromatic nitrogens is 2. The highest BCUT2D eigenvalue weighted by Gasteiger charge is 2.01. The van der Waals surface area contributed by atoms with Crippen LogP contribution >= 0.6 is 0 Å². The van der Waals surface area contributed by atoms with Gasteiger partial charge in [0, 0.05) is 18.4 Å². The van der Waals surface area contributed by atoms with E-state index in [0.717, 1.165) is 24.2 Å². The molecule has 0 aliphatic heterocycles. The average molecular weight is 165 g/mol. The summed E-state index contributed by atoms with van der Waals surface area (Å²) in [6.45, 7) is 3.98. The highest BCUT2D eigenvalue weighted by Crippen LogP contribution is 2.03. The van der Waals surface area contributed by atoms with E-state index in [2.05, 4.69) is 9.97 Å². The Morgan fingerprint density at radius 3 is 2.67 bits per heavy atom. The predicted octanol–water partition coefficient (Wildman–Crippen LogP) is 1.06. The molecule has 1 aromatic heterocycles. The summed E-state index contributed by atoms with van der Waals surface area (Å²) < 4.78 is 0. The predicted molar refractivity (Wildman–Crippen MR) is 48.7 cm³/mol. The van der Waals surface area contributed by atoms with E-state index in [9.17, 15) is 0 Å². The quantitative estimate of drug-likeness (QED) is 0.728. The lowest BCUT2D eigenvalue weighted by atomic mass is 10.1. The maximum Gasteiger partial charge on any atom is 0.0616 e. The molecule has 1 atom stereocenters. The summed E-state index contributed by atoms with van der Waals surface area (Å²) in [4.78, 5) is 8.39. The first kappa shape index (κ1) is 9.13. The van der Waals surface area contributed by atoms with Crippen molar-refractivity contribution < 1.29 is 0 Å². The van der Waals surface area contributed by atoms with Gasteiger partial charge in [-0.1, -0.05) is 0 Å². The van der Waals surface area contributed by atoms with Crippen molar-refractivity contribution >= 4 is 0 Å². The third kappa shape index (κ3) is 2.58. The number of rotatable bonds is 3. The number of nitrogens with zero attached hydrogens (tertiary/aromatic N) is 2. The van der Waals surface area contributed by atoms with E-state index in [1.165, 1.54) is 0 Å². The van der Waals surface area contributed by atoms with E-state index < -0.39 is 0 Å². The topological polar surface area (TPSA) is 51.8 Å². The molecule has 1 aromatic rings. The Hall–Kier alpha value is -0.960. The summed E-state index contributed by atoms with van der Waals surface area (Å²) in [5, 5.41) is 0. The molecule has 0 bridgehead atoms. The van der Waals surface area contributed by atoms with Gasteiger partial charge in [-0.2, -0.15) is 0 Å². The van der Waals surface area contributed by atoms with Crippen LogP contribution in [0.5, 0.6) is 0 Å². The molecule has 0 amide bonds. The first-order chi connectivity index (χ1) is 5.70. The van der Waals surface area contributed by atoms with E-state index in [0.29, 0.717) is 0 Å². The molecule has 0 fully saturated rings. The molecule has 66 valence electrons. The molecule has 3 nitrogen and oxygen atoms in total. The van der Waals surface area contributed by atoms with Crippen molar-refractivity contribution in [3.8, 4) is 0 Å². The van der Waals surface area contributed by atoms with Gasteiger partial charge < -0.3 is 5.73 Å². The van der Waals surface area contributed by atoms with Crippen LogP contribution in [0.15, 0.2) is 12.4 Å². The van der Waals surface area contributed by atoms with Crippen molar-refractivity contribution in [1.82, 2.24) is 9.97 Å². The molecule has 1 rings (SSSR count). The monoisotopic (exact) mass is 165 g/mol. The minimum Gasteiger partial charge on any atom is -0.328 e. The minimum atomic E-state index is 0.242. The van der Waals surface area contributed by atoms with Gasteiger partial charge in [-0.05, 0) is 26.7 Å². The van der Waals surface area contributed by atoms with Gasteiger partial charge in [0.1, 0.15) is 0 Å². The van der Waals surface area contributed by atoms with Crippen molar-refractivity contribution in [3.63, 3.8) is 0 Å². The average Bonchev–Trinajstić information content (AvgIpc) is 2.03. The first-order valence-electron chi connectivity index (χ1n) is 4.22. The Kier molecular flexibility index (Phi) is 3.17. The summed E-state index contributed by atoms with van der Waals surface area (Å²) in [6, 6.07) is 0.242. The minimum absolute atomic E-state index is 0.242. The third-order valence-electron chi connectivity index (χ3n) is 1.82. The standard InChI is InChI=1S/C9H15N3/c1-7(10)3-4-9-8(2)11-5-6-12-9/h5-7H,3-4,10H2,1-2H3. The van der Waals surface area contributed by atoms with Crippen LogP contribution in [0.25, 0.3) is 0 Å². The highest BCUT2D eigenvalue weighted by molar-refractivity contribution is 5.08. The van der Waals surface area contributed by atoms with Crippen molar-refractivity contribution in [1.29, 1.82) is 0 Å². The molecular weight excluding hydrogens is 150 g/mol. The van der Waals surface area contributed by atoms with Gasteiger partial charge in [-0.25, -0.2) is 0 Å². The Bertz CT molecular complexity index is 245. The van der Waals surface area contributed by atoms with E-state index in [4.69, 9.17) is 5.73 Å². The largest absolute Gasteiger partial charge is 0.328 e. The molecule has 0 saturated carbocycles. The van der Waals surface area contributed by atoms with Crippen molar-refractivity contribution in [2.24, 2.45) is 5.73 Å². The fourth-order valence-electron chi connectivity index (χ4n) is 1.05. The SMILES string of the molecule is Cc1nccnc1CCC(C)N. The van der Waals surface area contributed by atoms with E-state index in [1.807, 2.05) is 13.8 Å². The molecule has 0 aromatic carbocycles. The summed E-state index contributed by atoms with van der Waals surface area (Å²) in [5.41, 5.74) is 7.72. The molecule has 0 saturated heterocycles.